The second kappa shape index (κ2) is 15.3. The molecule has 12 rings (SSSR count). The Morgan fingerprint density at radius 3 is 0.617 bits per heavy atom. The zero-order valence-electron chi connectivity index (χ0n) is 32.4. The fourth-order valence-electron chi connectivity index (χ4n) is 9.30. The van der Waals surface area contributed by atoms with Crippen molar-refractivity contribution in [1.29, 1.82) is 0 Å². The normalized spacial score (nSPS) is 11.4. The molecule has 2 radical (unpaired) electrons. The number of fused-ring (bicyclic) bond motifs is 9. The third-order valence-electron chi connectivity index (χ3n) is 11.8. The van der Waals surface area contributed by atoms with Crippen LogP contribution in [0.1, 0.15) is 0 Å². The van der Waals surface area contributed by atoms with Gasteiger partial charge in [-0.15, -0.1) is 0 Å². The summed E-state index contributed by atoms with van der Waals surface area (Å²) in [6.07, 6.45) is 0. The smallest absolute Gasteiger partial charge is 0.0541 e. The van der Waals surface area contributed by atoms with Gasteiger partial charge < -0.3 is 18.6 Å². The van der Waals surface area contributed by atoms with Gasteiger partial charge in [-0.1, -0.05) is 109 Å². The molecule has 0 bridgehead atoms. The summed E-state index contributed by atoms with van der Waals surface area (Å²) in [5.41, 5.74) is 13.9. The predicted molar refractivity (Wildman–Crippen MR) is 244 cm³/mol. The SMILES string of the molecule is [Ta].[Tc].c1ccc2c(c1)c1ccccc1n2-c1ccc(N(c2ccc(-n3c4ccccc4c4ccccc43)cc2)c2ccc(-n3c4ccccc4c4ccccc43)cc2)cc1. The van der Waals surface area contributed by atoms with Crippen LogP contribution in [0.4, 0.5) is 17.1 Å². The molecular formula is C54H36N4TaTc. The van der Waals surface area contributed by atoms with Crippen LogP contribution < -0.4 is 4.90 Å². The van der Waals surface area contributed by atoms with E-state index in [2.05, 4.69) is 237 Å². The van der Waals surface area contributed by atoms with Crippen LogP contribution in [0.3, 0.4) is 0 Å². The molecule has 0 fully saturated rings. The second-order valence-corrected chi connectivity index (χ2v) is 15.0. The number of anilines is 3. The Balaban J connectivity index is 0.00000216. The Bertz CT molecular complexity index is 2970. The number of benzene rings is 9. The molecule has 0 amide bonds. The van der Waals surface area contributed by atoms with Crippen LogP contribution in [0.25, 0.3) is 82.5 Å². The minimum Gasteiger partial charge on any atom is -0.310 e. The van der Waals surface area contributed by atoms with Crippen LogP contribution in [-0.4, -0.2) is 13.7 Å². The summed E-state index contributed by atoms with van der Waals surface area (Å²) in [6.45, 7) is 0. The van der Waals surface area contributed by atoms with E-state index < -0.39 is 0 Å². The maximum atomic E-state index is 2.37. The summed E-state index contributed by atoms with van der Waals surface area (Å²) in [4.78, 5) is 2.36. The zero-order chi connectivity index (χ0) is 38.2. The minimum absolute atomic E-state index is 0. The van der Waals surface area contributed by atoms with Crippen LogP contribution in [0, 0.1) is 0 Å². The summed E-state index contributed by atoms with van der Waals surface area (Å²) in [7, 11) is 0. The van der Waals surface area contributed by atoms with Gasteiger partial charge in [-0.25, -0.2) is 0 Å². The van der Waals surface area contributed by atoms with Gasteiger partial charge in [0, 0.05) is 109 Å². The molecule has 0 saturated carbocycles. The molecule has 0 unspecified atom stereocenters. The monoisotopic (exact) mass is 1020 g/mol. The molecule has 60 heavy (non-hydrogen) atoms. The number of hydrogen-bond donors (Lipinski definition) is 0. The Morgan fingerprint density at radius 2 is 0.417 bits per heavy atom. The summed E-state index contributed by atoms with van der Waals surface area (Å²) in [5, 5.41) is 7.56. The fraction of sp³-hybridized carbons (Fsp3) is 0. The largest absolute Gasteiger partial charge is 0.310 e. The van der Waals surface area contributed by atoms with Gasteiger partial charge in [-0.2, -0.15) is 0 Å². The molecule has 284 valence electrons. The van der Waals surface area contributed by atoms with Crippen molar-refractivity contribution in [3.8, 4) is 17.1 Å². The molecule has 6 heteroatoms. The summed E-state index contributed by atoms with van der Waals surface area (Å²) in [6, 6.07) is 79.1. The predicted octanol–water partition coefficient (Wildman–Crippen LogP) is 14.4. The quantitative estimate of drug-likeness (QED) is 0.162. The fourth-order valence-corrected chi connectivity index (χ4v) is 9.30. The van der Waals surface area contributed by atoms with Crippen molar-refractivity contribution in [2.24, 2.45) is 0 Å². The zero-order valence-corrected chi connectivity index (χ0v) is 37.5. The molecule has 4 nitrogen and oxygen atoms in total. The van der Waals surface area contributed by atoms with E-state index in [9.17, 15) is 0 Å². The standard InChI is InChI=1S/C54H36N4.Ta.Tc/c1-7-19-49-43(13-1)44-14-2-8-20-50(44)56(49)40-31-25-37(26-32-40)55(38-27-33-41(34-28-38)57-51-21-9-3-15-45(51)46-16-4-10-22-52(46)57)39-29-35-42(36-30-39)58-53-23-11-5-17-47(53)48-18-6-12-24-54(48)58;;/h1-36H;;. The van der Waals surface area contributed by atoms with Crippen LogP contribution in [0.2, 0.25) is 0 Å². The molecule has 0 saturated heterocycles. The van der Waals surface area contributed by atoms with Crippen molar-refractivity contribution in [1.82, 2.24) is 13.7 Å². The van der Waals surface area contributed by atoms with Gasteiger partial charge in [0.05, 0.1) is 33.1 Å². The van der Waals surface area contributed by atoms with E-state index in [0.717, 1.165) is 34.1 Å². The van der Waals surface area contributed by atoms with Crippen molar-refractivity contribution >= 4 is 82.5 Å². The van der Waals surface area contributed by atoms with E-state index in [4.69, 9.17) is 0 Å². The molecule has 3 aromatic heterocycles. The van der Waals surface area contributed by atoms with Crippen molar-refractivity contribution in [2.45, 2.75) is 0 Å². The van der Waals surface area contributed by atoms with E-state index in [0.29, 0.717) is 0 Å². The van der Waals surface area contributed by atoms with Crippen LogP contribution in [-0.2, 0) is 42.5 Å². The van der Waals surface area contributed by atoms with E-state index in [1.54, 1.807) is 0 Å². The minimum atomic E-state index is 0. The van der Waals surface area contributed by atoms with Crippen LogP contribution >= 0.6 is 0 Å². The number of rotatable bonds is 6. The Labute approximate surface area is 376 Å². The van der Waals surface area contributed by atoms with E-state index in [1.807, 2.05) is 0 Å². The van der Waals surface area contributed by atoms with Crippen LogP contribution in [0.15, 0.2) is 218 Å². The molecule has 12 aromatic rings. The van der Waals surface area contributed by atoms with E-state index in [-0.39, 0.29) is 42.5 Å². The molecule has 0 N–H and O–H groups in total. The third kappa shape index (κ3) is 5.90. The Kier molecular flexibility index (Phi) is 9.65. The first-order valence-electron chi connectivity index (χ1n) is 19.9. The van der Waals surface area contributed by atoms with Gasteiger partial charge in [0.2, 0.25) is 0 Å². The van der Waals surface area contributed by atoms with Crippen molar-refractivity contribution < 1.29 is 42.5 Å². The van der Waals surface area contributed by atoms with Crippen molar-refractivity contribution in [2.75, 3.05) is 4.90 Å². The van der Waals surface area contributed by atoms with E-state index in [1.165, 1.54) is 65.4 Å². The van der Waals surface area contributed by atoms with Crippen molar-refractivity contribution in [3.05, 3.63) is 218 Å². The molecule has 9 aromatic carbocycles. The molecule has 0 aliphatic heterocycles. The first kappa shape index (κ1) is 37.8. The van der Waals surface area contributed by atoms with Gasteiger partial charge in [0.25, 0.3) is 0 Å². The topological polar surface area (TPSA) is 18.0 Å². The third-order valence-corrected chi connectivity index (χ3v) is 11.8. The molecule has 0 atom stereocenters. The first-order valence-corrected chi connectivity index (χ1v) is 19.9. The number of hydrogen-bond acceptors (Lipinski definition) is 1. The Hall–Kier alpha value is -6.43. The summed E-state index contributed by atoms with van der Waals surface area (Å²) >= 11 is 0. The molecular weight excluding hydrogens is 984 g/mol. The Morgan fingerprint density at radius 1 is 0.233 bits per heavy atom. The number of nitrogens with zero attached hydrogens (tertiary/aromatic N) is 4. The average Bonchev–Trinajstić information content (AvgIpc) is 3.93. The maximum Gasteiger partial charge on any atom is 0.0541 e. The summed E-state index contributed by atoms with van der Waals surface area (Å²) < 4.78 is 7.12. The van der Waals surface area contributed by atoms with Crippen LogP contribution in [0.5, 0.6) is 0 Å². The average molecular weight is 1020 g/mol. The van der Waals surface area contributed by atoms with Gasteiger partial charge in [0.15, 0.2) is 0 Å². The van der Waals surface area contributed by atoms with Gasteiger partial charge in [-0.3, -0.25) is 0 Å². The van der Waals surface area contributed by atoms with E-state index >= 15 is 0 Å². The maximum absolute atomic E-state index is 2.37. The molecule has 0 aliphatic rings. The molecule has 0 spiro atoms. The number of para-hydroxylation sites is 6. The number of aromatic nitrogens is 3. The van der Waals surface area contributed by atoms with Gasteiger partial charge in [-0.05, 0) is 109 Å². The molecule has 3 heterocycles. The van der Waals surface area contributed by atoms with Gasteiger partial charge in [0.1, 0.15) is 0 Å². The second-order valence-electron chi connectivity index (χ2n) is 15.0. The molecule has 0 aliphatic carbocycles. The first-order chi connectivity index (χ1) is 28.8. The van der Waals surface area contributed by atoms with Gasteiger partial charge >= 0.3 is 0 Å². The summed E-state index contributed by atoms with van der Waals surface area (Å²) in [5.74, 6) is 0. The van der Waals surface area contributed by atoms with Crippen molar-refractivity contribution in [3.63, 3.8) is 0 Å².